The highest BCUT2D eigenvalue weighted by Gasteiger charge is 2.25. The van der Waals surface area contributed by atoms with E-state index in [0.717, 1.165) is 35.8 Å². The van der Waals surface area contributed by atoms with Crippen LogP contribution < -0.4 is 5.32 Å². The minimum atomic E-state index is -3.06. The molecular formula is C13H23ClN4O2S. The van der Waals surface area contributed by atoms with E-state index in [1.807, 2.05) is 18.5 Å². The maximum absolute atomic E-state index is 11.5. The van der Waals surface area contributed by atoms with Gasteiger partial charge < -0.3 is 5.32 Å². The lowest BCUT2D eigenvalue weighted by atomic mass is 10.1. The van der Waals surface area contributed by atoms with Crippen molar-refractivity contribution in [2.45, 2.75) is 45.8 Å². The number of piperidine rings is 1. The number of aromatic nitrogens is 2. The zero-order valence-electron chi connectivity index (χ0n) is 12.8. The second kappa shape index (κ2) is 6.64. The number of rotatable bonds is 5. The van der Waals surface area contributed by atoms with Crippen molar-refractivity contribution in [3.05, 3.63) is 16.4 Å². The van der Waals surface area contributed by atoms with Crippen molar-refractivity contribution in [2.24, 2.45) is 0 Å². The number of nitrogens with zero attached hydrogens (tertiary/aromatic N) is 3. The van der Waals surface area contributed by atoms with Crippen molar-refractivity contribution in [1.82, 2.24) is 19.4 Å². The molecule has 1 aromatic heterocycles. The Morgan fingerprint density at radius 2 is 2.00 bits per heavy atom. The molecular weight excluding hydrogens is 312 g/mol. The monoisotopic (exact) mass is 334 g/mol. The van der Waals surface area contributed by atoms with E-state index in [0.29, 0.717) is 25.7 Å². The lowest BCUT2D eigenvalue weighted by Crippen LogP contribution is -2.44. The minimum absolute atomic E-state index is 0.319. The molecule has 6 nitrogen and oxygen atoms in total. The molecule has 0 saturated carbocycles. The van der Waals surface area contributed by atoms with Gasteiger partial charge in [-0.1, -0.05) is 11.6 Å². The van der Waals surface area contributed by atoms with E-state index in [1.165, 1.54) is 6.26 Å². The van der Waals surface area contributed by atoms with Gasteiger partial charge in [-0.15, -0.1) is 0 Å². The van der Waals surface area contributed by atoms with Crippen LogP contribution in [0.5, 0.6) is 0 Å². The molecule has 1 aliphatic heterocycles. The summed E-state index contributed by atoms with van der Waals surface area (Å²) in [4.78, 5) is 0. The Bertz CT molecular complexity index is 592. The van der Waals surface area contributed by atoms with Gasteiger partial charge in [-0.3, -0.25) is 4.68 Å². The Balaban J connectivity index is 1.91. The number of aryl methyl sites for hydroxylation is 2. The first-order valence-corrected chi connectivity index (χ1v) is 9.45. The second-order valence-electron chi connectivity index (χ2n) is 5.48. The third-order valence-electron chi connectivity index (χ3n) is 3.93. The van der Waals surface area contributed by atoms with E-state index in [1.54, 1.807) is 4.31 Å². The molecule has 2 heterocycles. The SMILES string of the molecule is CCn1nc(C)c(Cl)c1CNC1CCN(S(C)(=O)=O)CC1. The largest absolute Gasteiger partial charge is 0.308 e. The summed E-state index contributed by atoms with van der Waals surface area (Å²) in [5.74, 6) is 0. The lowest BCUT2D eigenvalue weighted by molar-refractivity contribution is 0.288. The highest BCUT2D eigenvalue weighted by molar-refractivity contribution is 7.88. The minimum Gasteiger partial charge on any atom is -0.308 e. The molecule has 21 heavy (non-hydrogen) atoms. The summed E-state index contributed by atoms with van der Waals surface area (Å²) in [6.07, 6.45) is 2.91. The topological polar surface area (TPSA) is 67.2 Å². The predicted molar refractivity (Wildman–Crippen MR) is 83.9 cm³/mol. The Morgan fingerprint density at radius 1 is 1.38 bits per heavy atom. The van der Waals surface area contributed by atoms with Gasteiger partial charge in [0, 0.05) is 32.2 Å². The fourth-order valence-corrected chi connectivity index (χ4v) is 3.75. The quantitative estimate of drug-likeness (QED) is 0.883. The van der Waals surface area contributed by atoms with Gasteiger partial charge in [0.15, 0.2) is 0 Å². The molecule has 0 aromatic carbocycles. The van der Waals surface area contributed by atoms with Gasteiger partial charge in [-0.2, -0.15) is 5.10 Å². The summed E-state index contributed by atoms with van der Waals surface area (Å²) < 4.78 is 26.4. The van der Waals surface area contributed by atoms with E-state index in [2.05, 4.69) is 10.4 Å². The first-order valence-electron chi connectivity index (χ1n) is 7.23. The fourth-order valence-electron chi connectivity index (χ4n) is 2.67. The Labute approximate surface area is 131 Å². The normalized spacial score (nSPS) is 18.3. The first kappa shape index (κ1) is 16.7. The average Bonchev–Trinajstić information content (AvgIpc) is 2.71. The molecule has 0 bridgehead atoms. The van der Waals surface area contributed by atoms with Crippen LogP contribution in [0.3, 0.4) is 0 Å². The number of sulfonamides is 1. The molecule has 0 atom stereocenters. The number of nitrogens with one attached hydrogen (secondary N) is 1. The number of halogens is 1. The van der Waals surface area contributed by atoms with Crippen molar-refractivity contribution in [3.8, 4) is 0 Å². The van der Waals surface area contributed by atoms with Crippen molar-refractivity contribution >= 4 is 21.6 Å². The van der Waals surface area contributed by atoms with E-state index in [4.69, 9.17) is 11.6 Å². The van der Waals surface area contributed by atoms with Crippen molar-refractivity contribution in [2.75, 3.05) is 19.3 Å². The maximum Gasteiger partial charge on any atom is 0.211 e. The standard InChI is InChI=1S/C13H23ClN4O2S/c1-4-18-12(13(14)10(2)16-18)9-15-11-5-7-17(8-6-11)21(3,19)20/h11,15H,4-9H2,1-3H3. The molecule has 1 aliphatic rings. The van der Waals surface area contributed by atoms with Crippen LogP contribution in [0, 0.1) is 6.92 Å². The molecule has 1 aromatic rings. The third kappa shape index (κ3) is 3.97. The van der Waals surface area contributed by atoms with Crippen LogP contribution in [0.4, 0.5) is 0 Å². The van der Waals surface area contributed by atoms with Crippen molar-refractivity contribution in [3.63, 3.8) is 0 Å². The van der Waals surface area contributed by atoms with Gasteiger partial charge in [0.25, 0.3) is 0 Å². The van der Waals surface area contributed by atoms with Crippen LogP contribution in [0.1, 0.15) is 31.2 Å². The van der Waals surface area contributed by atoms with Crippen LogP contribution >= 0.6 is 11.6 Å². The highest BCUT2D eigenvalue weighted by atomic mass is 35.5. The molecule has 0 spiro atoms. The van der Waals surface area contributed by atoms with Gasteiger partial charge >= 0.3 is 0 Å². The smallest absolute Gasteiger partial charge is 0.211 e. The third-order valence-corrected chi connectivity index (χ3v) is 5.73. The van der Waals surface area contributed by atoms with Crippen LogP contribution in [-0.2, 0) is 23.1 Å². The van der Waals surface area contributed by atoms with Crippen LogP contribution in [-0.4, -0.2) is 47.9 Å². The molecule has 2 rings (SSSR count). The Morgan fingerprint density at radius 3 is 2.52 bits per heavy atom. The van der Waals surface area contributed by atoms with Crippen molar-refractivity contribution in [1.29, 1.82) is 0 Å². The maximum atomic E-state index is 11.5. The molecule has 1 saturated heterocycles. The molecule has 8 heteroatoms. The fraction of sp³-hybridized carbons (Fsp3) is 0.769. The van der Waals surface area contributed by atoms with Gasteiger partial charge in [-0.25, -0.2) is 12.7 Å². The summed E-state index contributed by atoms with van der Waals surface area (Å²) in [6.45, 7) is 6.56. The number of hydrogen-bond acceptors (Lipinski definition) is 4. The van der Waals surface area contributed by atoms with E-state index >= 15 is 0 Å². The molecule has 0 unspecified atom stereocenters. The van der Waals surface area contributed by atoms with Gasteiger partial charge in [-0.05, 0) is 26.7 Å². The summed E-state index contributed by atoms with van der Waals surface area (Å²) >= 11 is 6.28. The van der Waals surface area contributed by atoms with Crippen molar-refractivity contribution < 1.29 is 8.42 Å². The Hall–Kier alpha value is -0.630. The molecule has 1 fully saturated rings. The molecule has 120 valence electrons. The predicted octanol–water partition coefficient (Wildman–Crippen LogP) is 1.38. The first-order chi connectivity index (χ1) is 9.82. The van der Waals surface area contributed by atoms with E-state index in [-0.39, 0.29) is 0 Å². The molecule has 1 N–H and O–H groups in total. The average molecular weight is 335 g/mol. The molecule has 0 radical (unpaired) electrons. The zero-order valence-corrected chi connectivity index (χ0v) is 14.3. The molecule has 0 aliphatic carbocycles. The van der Waals surface area contributed by atoms with E-state index < -0.39 is 10.0 Å². The molecule has 0 amide bonds. The van der Waals surface area contributed by atoms with Crippen LogP contribution in [0.2, 0.25) is 5.02 Å². The Kier molecular flexibility index (Phi) is 5.29. The van der Waals surface area contributed by atoms with Gasteiger partial charge in [0.05, 0.1) is 22.7 Å². The van der Waals surface area contributed by atoms with Crippen LogP contribution in [0.15, 0.2) is 0 Å². The summed E-state index contributed by atoms with van der Waals surface area (Å²) in [5.41, 5.74) is 1.85. The highest BCUT2D eigenvalue weighted by Crippen LogP contribution is 2.21. The summed E-state index contributed by atoms with van der Waals surface area (Å²) in [5, 5.41) is 8.59. The van der Waals surface area contributed by atoms with E-state index in [9.17, 15) is 8.42 Å². The zero-order chi connectivity index (χ0) is 15.6. The summed E-state index contributed by atoms with van der Waals surface area (Å²) in [7, 11) is -3.06. The van der Waals surface area contributed by atoms with Gasteiger partial charge in [0.2, 0.25) is 10.0 Å². The number of hydrogen-bond donors (Lipinski definition) is 1. The van der Waals surface area contributed by atoms with Crippen LogP contribution in [0.25, 0.3) is 0 Å². The summed E-state index contributed by atoms with van der Waals surface area (Å²) in [6, 6.07) is 0.319. The second-order valence-corrected chi connectivity index (χ2v) is 7.84. The lowest BCUT2D eigenvalue weighted by Gasteiger charge is -2.30. The van der Waals surface area contributed by atoms with Gasteiger partial charge in [0.1, 0.15) is 0 Å².